The molecule has 0 aromatic heterocycles. The van der Waals surface area contributed by atoms with E-state index in [2.05, 4.69) is 0 Å². The first kappa shape index (κ1) is 11.4. The molecule has 0 spiro atoms. The molecular formula is C6H7O6PS. The maximum atomic E-state index is 10.7. The summed E-state index contributed by atoms with van der Waals surface area (Å²) in [6.45, 7) is 0. The van der Waals surface area contributed by atoms with Crippen molar-refractivity contribution in [1.29, 1.82) is 0 Å². The van der Waals surface area contributed by atoms with Gasteiger partial charge in [-0.1, -0.05) is 0 Å². The second-order valence-electron chi connectivity index (χ2n) is 2.51. The first-order valence-electron chi connectivity index (χ1n) is 3.35. The zero-order chi connectivity index (χ0) is 11.0. The molecule has 0 radical (unpaired) electrons. The minimum absolute atomic E-state index is 0.301. The first-order valence-corrected chi connectivity index (χ1v) is 6.40. The van der Waals surface area contributed by atoms with Gasteiger partial charge in [0.15, 0.2) is 0 Å². The van der Waals surface area contributed by atoms with E-state index >= 15 is 0 Å². The number of hydrogen-bond acceptors (Lipinski definition) is 3. The normalized spacial score (nSPS) is 12.8. The van der Waals surface area contributed by atoms with E-state index in [0.717, 1.165) is 24.3 Å². The molecule has 0 aliphatic rings. The van der Waals surface area contributed by atoms with Crippen LogP contribution in [0.4, 0.5) is 0 Å². The Balaban J connectivity index is 3.21. The van der Waals surface area contributed by atoms with E-state index in [4.69, 9.17) is 14.3 Å². The Morgan fingerprint density at radius 1 is 1.07 bits per heavy atom. The van der Waals surface area contributed by atoms with E-state index in [0.29, 0.717) is 0 Å². The highest BCUT2D eigenvalue weighted by Gasteiger charge is 2.18. The number of benzene rings is 1. The summed E-state index contributed by atoms with van der Waals surface area (Å²) in [7, 11) is -8.68. The fourth-order valence-electron chi connectivity index (χ4n) is 0.812. The van der Waals surface area contributed by atoms with Crippen LogP contribution in [0.15, 0.2) is 29.2 Å². The molecule has 78 valence electrons. The summed E-state index contributed by atoms with van der Waals surface area (Å²) < 4.78 is 40.3. The highest BCUT2D eigenvalue weighted by Crippen LogP contribution is 2.32. The van der Waals surface area contributed by atoms with Gasteiger partial charge in [0.25, 0.3) is 10.1 Å². The molecule has 0 bridgehead atoms. The molecule has 0 unspecified atom stereocenters. The van der Waals surface area contributed by atoms with Gasteiger partial charge in [0.2, 0.25) is 0 Å². The van der Waals surface area contributed by atoms with Crippen LogP contribution in [0.1, 0.15) is 0 Å². The van der Waals surface area contributed by atoms with E-state index in [-0.39, 0.29) is 5.30 Å². The topological polar surface area (TPSA) is 112 Å². The van der Waals surface area contributed by atoms with Crippen molar-refractivity contribution in [3.05, 3.63) is 24.3 Å². The van der Waals surface area contributed by atoms with Gasteiger partial charge < -0.3 is 9.79 Å². The lowest BCUT2D eigenvalue weighted by Crippen LogP contribution is -2.05. The minimum Gasteiger partial charge on any atom is -0.321 e. The molecule has 3 N–H and O–H groups in total. The van der Waals surface area contributed by atoms with Crippen LogP contribution < -0.4 is 5.30 Å². The molecule has 1 aromatic rings. The molecule has 0 saturated heterocycles. The molecule has 0 aliphatic carbocycles. The smallest absolute Gasteiger partial charge is 0.321 e. The number of rotatable bonds is 2. The molecule has 0 amide bonds. The molecule has 6 nitrogen and oxygen atoms in total. The standard InChI is InChI=1S/C6H7O6PS/c7-13(8,9)5-1-3-6(4-2-5)14(10,11)12/h1-4H,(H2,7,8,9)(H,10,11,12). The fourth-order valence-corrected chi connectivity index (χ4v) is 1.83. The molecular weight excluding hydrogens is 231 g/mol. The highest BCUT2D eigenvalue weighted by atomic mass is 32.2. The second-order valence-corrected chi connectivity index (χ2v) is 5.54. The van der Waals surface area contributed by atoms with Crippen molar-refractivity contribution in [2.45, 2.75) is 4.90 Å². The van der Waals surface area contributed by atoms with Crippen LogP contribution in [0.3, 0.4) is 0 Å². The summed E-state index contributed by atoms with van der Waals surface area (Å²) >= 11 is 0. The Kier molecular flexibility index (Phi) is 2.80. The fraction of sp³-hybridized carbons (Fsp3) is 0. The molecule has 0 saturated carbocycles. The lowest BCUT2D eigenvalue weighted by Gasteiger charge is -2.03. The maximum Gasteiger partial charge on any atom is 0.356 e. The van der Waals surface area contributed by atoms with Crippen LogP contribution in [0.5, 0.6) is 0 Å². The third-order valence-corrected chi connectivity index (χ3v) is 3.31. The van der Waals surface area contributed by atoms with Crippen LogP contribution in [-0.2, 0) is 14.7 Å². The maximum absolute atomic E-state index is 10.7. The largest absolute Gasteiger partial charge is 0.356 e. The van der Waals surface area contributed by atoms with E-state index in [1.54, 1.807) is 0 Å². The van der Waals surface area contributed by atoms with E-state index in [1.807, 2.05) is 0 Å². The van der Waals surface area contributed by atoms with Gasteiger partial charge in [0.05, 0.1) is 10.2 Å². The van der Waals surface area contributed by atoms with E-state index in [9.17, 15) is 13.0 Å². The molecule has 0 fully saturated rings. The Labute approximate surface area is 80.1 Å². The van der Waals surface area contributed by atoms with Gasteiger partial charge in [0.1, 0.15) is 0 Å². The van der Waals surface area contributed by atoms with Gasteiger partial charge in [-0.3, -0.25) is 9.12 Å². The summed E-state index contributed by atoms with van der Waals surface area (Å²) in [5.74, 6) is 0. The zero-order valence-electron chi connectivity index (χ0n) is 6.73. The summed E-state index contributed by atoms with van der Waals surface area (Å²) in [5, 5.41) is -0.301. The van der Waals surface area contributed by atoms with Gasteiger partial charge in [-0.05, 0) is 24.3 Å². The quantitative estimate of drug-likeness (QED) is 0.483. The molecule has 8 heteroatoms. The summed E-state index contributed by atoms with van der Waals surface area (Å²) in [6.07, 6.45) is 0. The van der Waals surface area contributed by atoms with Gasteiger partial charge in [-0.15, -0.1) is 0 Å². The molecule has 0 aliphatic heterocycles. The number of hydrogen-bond donors (Lipinski definition) is 3. The SMILES string of the molecule is O=P(O)(O)c1ccc(S(=O)(=O)O)cc1. The van der Waals surface area contributed by atoms with Crippen molar-refractivity contribution in [1.82, 2.24) is 0 Å². The third-order valence-electron chi connectivity index (χ3n) is 1.47. The molecule has 1 rings (SSSR count). The first-order chi connectivity index (χ1) is 6.21. The van der Waals surface area contributed by atoms with E-state index in [1.165, 1.54) is 0 Å². The Morgan fingerprint density at radius 2 is 1.50 bits per heavy atom. The minimum atomic E-state index is -4.37. The van der Waals surface area contributed by atoms with Gasteiger partial charge in [-0.2, -0.15) is 8.42 Å². The predicted molar refractivity (Wildman–Crippen MR) is 47.9 cm³/mol. The molecule has 1 aromatic carbocycles. The molecule has 0 heterocycles. The third kappa shape index (κ3) is 2.63. The van der Waals surface area contributed by atoms with Crippen molar-refractivity contribution in [3.63, 3.8) is 0 Å². The van der Waals surface area contributed by atoms with Crippen molar-refractivity contribution in [2.24, 2.45) is 0 Å². The average Bonchev–Trinajstić information content (AvgIpc) is 2.01. The zero-order valence-corrected chi connectivity index (χ0v) is 8.44. The molecule has 14 heavy (non-hydrogen) atoms. The van der Waals surface area contributed by atoms with Gasteiger partial charge >= 0.3 is 7.60 Å². The summed E-state index contributed by atoms with van der Waals surface area (Å²) in [6, 6.07) is 3.74. The Morgan fingerprint density at radius 3 is 1.79 bits per heavy atom. The van der Waals surface area contributed by atoms with Gasteiger partial charge in [0, 0.05) is 0 Å². The van der Waals surface area contributed by atoms with Crippen molar-refractivity contribution >= 4 is 23.0 Å². The van der Waals surface area contributed by atoms with Crippen LogP contribution in [0.25, 0.3) is 0 Å². The lowest BCUT2D eigenvalue weighted by molar-refractivity contribution is 0.387. The average molecular weight is 238 g/mol. The van der Waals surface area contributed by atoms with Crippen molar-refractivity contribution < 1.29 is 27.3 Å². The monoisotopic (exact) mass is 238 g/mol. The van der Waals surface area contributed by atoms with Crippen LogP contribution in [0.2, 0.25) is 0 Å². The summed E-state index contributed by atoms with van der Waals surface area (Å²) in [4.78, 5) is 17.0. The van der Waals surface area contributed by atoms with Crippen molar-refractivity contribution in [2.75, 3.05) is 0 Å². The Hall–Kier alpha value is -0.720. The summed E-state index contributed by atoms with van der Waals surface area (Å²) in [5.41, 5.74) is 0. The predicted octanol–water partition coefficient (Wildman–Crippen LogP) is -0.264. The second kappa shape index (κ2) is 3.45. The Bertz CT molecular complexity index is 470. The van der Waals surface area contributed by atoms with E-state index < -0.39 is 22.6 Å². The lowest BCUT2D eigenvalue weighted by atomic mass is 10.4. The van der Waals surface area contributed by atoms with Crippen LogP contribution in [0, 0.1) is 0 Å². The van der Waals surface area contributed by atoms with Gasteiger partial charge in [-0.25, -0.2) is 0 Å². The highest BCUT2D eigenvalue weighted by molar-refractivity contribution is 7.85. The van der Waals surface area contributed by atoms with Crippen LogP contribution in [-0.4, -0.2) is 22.8 Å². The van der Waals surface area contributed by atoms with Crippen LogP contribution >= 0.6 is 7.60 Å². The molecule has 0 atom stereocenters. The van der Waals surface area contributed by atoms with Crippen molar-refractivity contribution in [3.8, 4) is 0 Å².